The molecule has 2 N–H and O–H groups in total. The molecular weight excluding hydrogens is 291 g/mol. The molecule has 0 radical (unpaired) electrons. The van der Waals surface area contributed by atoms with E-state index in [4.69, 9.17) is 21.8 Å². The molecule has 0 bridgehead atoms. The number of rotatable bonds is 3. The highest BCUT2D eigenvalue weighted by Crippen LogP contribution is 2.39. The molecule has 0 aliphatic heterocycles. The van der Waals surface area contributed by atoms with Gasteiger partial charge in [0, 0.05) is 23.0 Å². The first-order valence-corrected chi connectivity index (χ1v) is 6.36. The summed E-state index contributed by atoms with van der Waals surface area (Å²) in [7, 11) is 0. The number of furan rings is 1. The van der Waals surface area contributed by atoms with E-state index in [9.17, 15) is 13.2 Å². The molecule has 1 unspecified atom stereocenters. The van der Waals surface area contributed by atoms with E-state index in [0.29, 0.717) is 12.2 Å². The van der Waals surface area contributed by atoms with Gasteiger partial charge in [-0.05, 0) is 37.3 Å². The quantitative estimate of drug-likeness (QED) is 0.906. The van der Waals surface area contributed by atoms with E-state index in [-0.39, 0.29) is 22.4 Å². The van der Waals surface area contributed by atoms with E-state index in [1.807, 2.05) is 0 Å². The monoisotopic (exact) mass is 303 g/mol. The summed E-state index contributed by atoms with van der Waals surface area (Å²) in [5, 5.41) is 0.0310. The second kappa shape index (κ2) is 5.50. The van der Waals surface area contributed by atoms with Crippen molar-refractivity contribution in [3.05, 3.63) is 46.7 Å². The van der Waals surface area contributed by atoms with Crippen LogP contribution in [0.3, 0.4) is 0 Å². The first-order valence-electron chi connectivity index (χ1n) is 5.99. The molecule has 0 aliphatic carbocycles. The Morgan fingerprint density at radius 3 is 2.55 bits per heavy atom. The van der Waals surface area contributed by atoms with Crippen molar-refractivity contribution in [2.75, 3.05) is 0 Å². The molecule has 0 fully saturated rings. The summed E-state index contributed by atoms with van der Waals surface area (Å²) < 4.78 is 44.5. The molecule has 2 rings (SSSR count). The Kier molecular flexibility index (Phi) is 4.11. The van der Waals surface area contributed by atoms with Crippen LogP contribution >= 0.6 is 11.6 Å². The number of nitrogens with two attached hydrogens (primary N) is 1. The zero-order valence-electron chi connectivity index (χ0n) is 10.7. The molecular formula is C14H13ClF3NO. The standard InChI is InChI=1S/C14H13ClF3NO/c1-8(19)6-10-3-5-13(20-10)11-4-2-9(15)7-12(11)14(16,17)18/h2-5,7-8H,6,19H2,1H3. The van der Waals surface area contributed by atoms with Crippen LogP contribution in [-0.4, -0.2) is 6.04 Å². The van der Waals surface area contributed by atoms with Crippen molar-refractivity contribution in [3.63, 3.8) is 0 Å². The minimum Gasteiger partial charge on any atom is -0.461 e. The van der Waals surface area contributed by atoms with E-state index in [1.54, 1.807) is 13.0 Å². The SMILES string of the molecule is CC(N)Cc1ccc(-c2ccc(Cl)cc2C(F)(F)F)o1. The lowest BCUT2D eigenvalue weighted by atomic mass is 10.1. The van der Waals surface area contributed by atoms with Gasteiger partial charge in [-0.25, -0.2) is 0 Å². The summed E-state index contributed by atoms with van der Waals surface area (Å²) in [4.78, 5) is 0. The van der Waals surface area contributed by atoms with Crippen molar-refractivity contribution in [1.29, 1.82) is 0 Å². The highest BCUT2D eigenvalue weighted by molar-refractivity contribution is 6.30. The first kappa shape index (κ1) is 14.9. The average molecular weight is 304 g/mol. The molecule has 0 spiro atoms. The predicted octanol–water partition coefficient (Wildman–Crippen LogP) is 4.51. The molecule has 0 saturated carbocycles. The second-order valence-electron chi connectivity index (χ2n) is 4.64. The van der Waals surface area contributed by atoms with Crippen LogP contribution in [0.25, 0.3) is 11.3 Å². The lowest BCUT2D eigenvalue weighted by Crippen LogP contribution is -2.17. The van der Waals surface area contributed by atoms with Gasteiger partial charge < -0.3 is 10.2 Å². The number of alkyl halides is 3. The molecule has 0 saturated heterocycles. The molecule has 1 atom stereocenters. The number of hydrogen-bond acceptors (Lipinski definition) is 2. The molecule has 0 aliphatic rings. The van der Waals surface area contributed by atoms with Gasteiger partial charge in [0.15, 0.2) is 0 Å². The van der Waals surface area contributed by atoms with Crippen molar-refractivity contribution in [1.82, 2.24) is 0 Å². The van der Waals surface area contributed by atoms with Crippen LogP contribution in [0.5, 0.6) is 0 Å². The van der Waals surface area contributed by atoms with Crippen LogP contribution in [0.2, 0.25) is 5.02 Å². The van der Waals surface area contributed by atoms with Gasteiger partial charge >= 0.3 is 6.18 Å². The molecule has 2 aromatic rings. The summed E-state index contributed by atoms with van der Waals surface area (Å²) >= 11 is 5.64. The predicted molar refractivity (Wildman–Crippen MR) is 71.5 cm³/mol. The minimum atomic E-state index is -4.49. The Morgan fingerprint density at radius 1 is 1.25 bits per heavy atom. The van der Waals surface area contributed by atoms with Gasteiger partial charge in [0.25, 0.3) is 0 Å². The Morgan fingerprint density at radius 2 is 1.95 bits per heavy atom. The van der Waals surface area contributed by atoms with Gasteiger partial charge in [-0.1, -0.05) is 11.6 Å². The van der Waals surface area contributed by atoms with Crippen molar-refractivity contribution in [2.24, 2.45) is 5.73 Å². The van der Waals surface area contributed by atoms with Crippen LogP contribution in [0.4, 0.5) is 13.2 Å². The Labute approximate surface area is 119 Å². The number of benzene rings is 1. The Hall–Kier alpha value is -1.46. The third-order valence-corrected chi connectivity index (χ3v) is 2.97. The third-order valence-electron chi connectivity index (χ3n) is 2.74. The van der Waals surface area contributed by atoms with Crippen LogP contribution in [0.1, 0.15) is 18.2 Å². The van der Waals surface area contributed by atoms with Gasteiger partial charge in [0.1, 0.15) is 11.5 Å². The molecule has 6 heteroatoms. The molecule has 1 heterocycles. The topological polar surface area (TPSA) is 39.2 Å². The smallest absolute Gasteiger partial charge is 0.417 e. The molecule has 2 nitrogen and oxygen atoms in total. The zero-order valence-corrected chi connectivity index (χ0v) is 11.4. The van der Waals surface area contributed by atoms with Crippen molar-refractivity contribution < 1.29 is 17.6 Å². The van der Waals surface area contributed by atoms with Crippen LogP contribution in [-0.2, 0) is 12.6 Å². The second-order valence-corrected chi connectivity index (χ2v) is 5.07. The largest absolute Gasteiger partial charge is 0.461 e. The van der Waals surface area contributed by atoms with Gasteiger partial charge in [-0.2, -0.15) is 13.2 Å². The lowest BCUT2D eigenvalue weighted by Gasteiger charge is -2.11. The zero-order chi connectivity index (χ0) is 14.9. The summed E-state index contributed by atoms with van der Waals surface area (Å²) in [6.07, 6.45) is -4.02. The summed E-state index contributed by atoms with van der Waals surface area (Å²) in [6, 6.07) is 6.62. The highest BCUT2D eigenvalue weighted by atomic mass is 35.5. The maximum absolute atomic E-state index is 13.0. The Balaban J connectivity index is 2.45. The van der Waals surface area contributed by atoms with Crippen molar-refractivity contribution in [3.8, 4) is 11.3 Å². The van der Waals surface area contributed by atoms with E-state index >= 15 is 0 Å². The van der Waals surface area contributed by atoms with E-state index < -0.39 is 11.7 Å². The maximum Gasteiger partial charge on any atom is 0.417 e. The van der Waals surface area contributed by atoms with E-state index in [1.165, 1.54) is 18.2 Å². The number of halogens is 4. The molecule has 20 heavy (non-hydrogen) atoms. The average Bonchev–Trinajstić information content (AvgIpc) is 2.75. The summed E-state index contributed by atoms with van der Waals surface area (Å²) in [5.41, 5.74) is 4.79. The summed E-state index contributed by atoms with van der Waals surface area (Å²) in [5.74, 6) is 0.711. The minimum absolute atomic E-state index is 0.0298. The van der Waals surface area contributed by atoms with Crippen LogP contribution in [0.15, 0.2) is 34.7 Å². The van der Waals surface area contributed by atoms with Gasteiger partial charge in [0.05, 0.1) is 5.56 Å². The fourth-order valence-corrected chi connectivity index (χ4v) is 2.09. The molecule has 1 aromatic carbocycles. The molecule has 0 amide bonds. The summed E-state index contributed by atoms with van der Waals surface area (Å²) in [6.45, 7) is 1.80. The van der Waals surface area contributed by atoms with Gasteiger partial charge in [0.2, 0.25) is 0 Å². The maximum atomic E-state index is 13.0. The Bertz CT molecular complexity index is 605. The van der Waals surface area contributed by atoms with Gasteiger partial charge in [-0.15, -0.1) is 0 Å². The highest BCUT2D eigenvalue weighted by Gasteiger charge is 2.34. The third kappa shape index (κ3) is 3.35. The van der Waals surface area contributed by atoms with Crippen LogP contribution in [0, 0.1) is 0 Å². The number of hydrogen-bond donors (Lipinski definition) is 1. The fourth-order valence-electron chi connectivity index (χ4n) is 1.92. The first-order chi connectivity index (χ1) is 9.27. The molecule has 1 aromatic heterocycles. The van der Waals surface area contributed by atoms with Crippen molar-refractivity contribution in [2.45, 2.75) is 25.6 Å². The van der Waals surface area contributed by atoms with Gasteiger partial charge in [-0.3, -0.25) is 0 Å². The lowest BCUT2D eigenvalue weighted by molar-refractivity contribution is -0.137. The van der Waals surface area contributed by atoms with E-state index in [2.05, 4.69) is 0 Å². The van der Waals surface area contributed by atoms with E-state index in [0.717, 1.165) is 6.07 Å². The van der Waals surface area contributed by atoms with Crippen LogP contribution < -0.4 is 5.73 Å². The molecule has 108 valence electrons. The van der Waals surface area contributed by atoms with Crippen molar-refractivity contribution >= 4 is 11.6 Å². The fraction of sp³-hybridized carbons (Fsp3) is 0.286. The normalized spacial score (nSPS) is 13.5.